The molecular weight excluding hydrogens is 298 g/mol. The number of tetrazole rings is 1. The smallest absolute Gasteiger partial charge is 0.239 e. The number of nitrogens with two attached hydrogens (primary N) is 1. The van der Waals surface area contributed by atoms with Gasteiger partial charge in [-0.2, -0.15) is 10.3 Å². The highest BCUT2D eigenvalue weighted by atomic mass is 16.3. The number of allylic oxidation sites excluding steroid dienone is 1. The summed E-state index contributed by atoms with van der Waals surface area (Å²) in [5, 5.41) is 26.5. The van der Waals surface area contributed by atoms with Gasteiger partial charge in [-0.05, 0) is 29.0 Å². The molecule has 0 bridgehead atoms. The Morgan fingerprint density at radius 1 is 1.30 bits per heavy atom. The third kappa shape index (κ3) is 3.40. The van der Waals surface area contributed by atoms with Crippen LogP contribution in [-0.2, 0) is 6.54 Å². The number of hydrogen-bond donors (Lipinski definition) is 3. The maximum absolute atomic E-state index is 12.0. The standard InChI is InChI=1S/C14H13N7O2/c15-10-3-1-9(2-4-10)8-21-6-5-11(18-21)12(22)7-13(23)14-16-19-20-17-14/h1-7,23H,8,15H2,(H,16,17,19,20). The highest BCUT2D eigenvalue weighted by molar-refractivity contribution is 6.06. The normalized spacial score (nSPS) is 11.6. The van der Waals surface area contributed by atoms with Crippen LogP contribution in [0.3, 0.4) is 0 Å². The molecule has 0 aliphatic heterocycles. The second-order valence-electron chi connectivity index (χ2n) is 4.77. The third-order valence-corrected chi connectivity index (χ3v) is 3.06. The number of aromatic amines is 1. The Labute approximate surface area is 130 Å². The lowest BCUT2D eigenvalue weighted by atomic mass is 10.2. The first-order valence-electron chi connectivity index (χ1n) is 6.68. The van der Waals surface area contributed by atoms with E-state index in [1.807, 2.05) is 12.1 Å². The molecule has 0 aliphatic rings. The molecule has 0 aliphatic carbocycles. The van der Waals surface area contributed by atoms with Crippen molar-refractivity contribution in [2.24, 2.45) is 0 Å². The highest BCUT2D eigenvalue weighted by Gasteiger charge is 2.12. The molecule has 0 unspecified atom stereocenters. The van der Waals surface area contributed by atoms with E-state index in [0.717, 1.165) is 11.6 Å². The molecule has 9 nitrogen and oxygen atoms in total. The van der Waals surface area contributed by atoms with E-state index in [1.165, 1.54) is 0 Å². The number of carbonyl (C=O) groups excluding carboxylic acids is 1. The van der Waals surface area contributed by atoms with Crippen LogP contribution in [0.2, 0.25) is 0 Å². The lowest BCUT2D eigenvalue weighted by Crippen LogP contribution is -2.04. The molecule has 0 amide bonds. The molecule has 3 aromatic rings. The monoisotopic (exact) mass is 311 g/mol. The van der Waals surface area contributed by atoms with Crippen molar-refractivity contribution in [2.75, 3.05) is 5.73 Å². The molecule has 23 heavy (non-hydrogen) atoms. The quantitative estimate of drug-likeness (QED) is 0.274. The van der Waals surface area contributed by atoms with E-state index < -0.39 is 5.78 Å². The third-order valence-electron chi connectivity index (χ3n) is 3.06. The van der Waals surface area contributed by atoms with Gasteiger partial charge in [0.1, 0.15) is 5.69 Å². The van der Waals surface area contributed by atoms with Gasteiger partial charge in [-0.1, -0.05) is 12.1 Å². The van der Waals surface area contributed by atoms with Crippen molar-refractivity contribution in [3.63, 3.8) is 0 Å². The number of aliphatic hydroxyl groups excluding tert-OH is 1. The van der Waals surface area contributed by atoms with E-state index in [2.05, 4.69) is 25.7 Å². The first kappa shape index (κ1) is 14.4. The SMILES string of the molecule is Nc1ccc(Cn2ccc(C(=O)C=C(O)c3nn[nH]n3)n2)cc1. The Bertz CT molecular complexity index is 834. The molecule has 0 radical (unpaired) electrons. The number of carbonyl (C=O) groups is 1. The number of rotatable bonds is 5. The summed E-state index contributed by atoms with van der Waals surface area (Å²) in [5.41, 5.74) is 7.53. The summed E-state index contributed by atoms with van der Waals surface area (Å²) in [6, 6.07) is 8.95. The van der Waals surface area contributed by atoms with Gasteiger partial charge in [-0.3, -0.25) is 9.48 Å². The summed E-state index contributed by atoms with van der Waals surface area (Å²) in [7, 11) is 0. The minimum absolute atomic E-state index is 0.0559. The Balaban J connectivity index is 1.72. The molecule has 1 aromatic carbocycles. The molecule has 0 saturated heterocycles. The van der Waals surface area contributed by atoms with E-state index in [4.69, 9.17) is 5.73 Å². The van der Waals surface area contributed by atoms with Crippen LogP contribution in [0.5, 0.6) is 0 Å². The van der Waals surface area contributed by atoms with Gasteiger partial charge in [-0.25, -0.2) is 0 Å². The van der Waals surface area contributed by atoms with E-state index >= 15 is 0 Å². The molecule has 3 rings (SSSR count). The number of benzene rings is 1. The van der Waals surface area contributed by atoms with Gasteiger partial charge in [0, 0.05) is 18.0 Å². The number of anilines is 1. The number of H-pyrrole nitrogens is 1. The summed E-state index contributed by atoms with van der Waals surface area (Å²) in [6.45, 7) is 0.508. The zero-order valence-electron chi connectivity index (χ0n) is 11.9. The van der Waals surface area contributed by atoms with Crippen molar-refractivity contribution >= 4 is 17.2 Å². The fourth-order valence-electron chi connectivity index (χ4n) is 1.92. The molecule has 0 spiro atoms. The highest BCUT2D eigenvalue weighted by Crippen LogP contribution is 2.09. The Hall–Kier alpha value is -3.49. The maximum Gasteiger partial charge on any atom is 0.239 e. The molecular formula is C14H13N7O2. The molecule has 9 heteroatoms. The van der Waals surface area contributed by atoms with Crippen LogP contribution >= 0.6 is 0 Å². The van der Waals surface area contributed by atoms with E-state index in [0.29, 0.717) is 12.2 Å². The van der Waals surface area contributed by atoms with E-state index in [9.17, 15) is 9.90 Å². The van der Waals surface area contributed by atoms with Crippen LogP contribution in [0.25, 0.3) is 5.76 Å². The lowest BCUT2D eigenvalue weighted by Gasteiger charge is -2.02. The van der Waals surface area contributed by atoms with Gasteiger partial charge in [0.15, 0.2) is 5.76 Å². The number of nitrogen functional groups attached to an aromatic ring is 1. The lowest BCUT2D eigenvalue weighted by molar-refractivity contribution is 0.104. The first-order valence-corrected chi connectivity index (χ1v) is 6.68. The van der Waals surface area contributed by atoms with Crippen molar-refractivity contribution in [1.29, 1.82) is 0 Å². The van der Waals surface area contributed by atoms with Crippen molar-refractivity contribution in [3.05, 3.63) is 59.7 Å². The zero-order valence-corrected chi connectivity index (χ0v) is 11.9. The number of ketones is 1. The van der Waals surface area contributed by atoms with Crippen LogP contribution in [-0.4, -0.2) is 41.3 Å². The molecule has 0 fully saturated rings. The van der Waals surface area contributed by atoms with Gasteiger partial charge < -0.3 is 10.8 Å². The Morgan fingerprint density at radius 3 is 2.78 bits per heavy atom. The average molecular weight is 311 g/mol. The second-order valence-corrected chi connectivity index (χ2v) is 4.77. The summed E-state index contributed by atoms with van der Waals surface area (Å²) in [4.78, 5) is 12.0. The van der Waals surface area contributed by atoms with Gasteiger partial charge in [0.2, 0.25) is 11.6 Å². The number of aromatic nitrogens is 6. The predicted molar refractivity (Wildman–Crippen MR) is 81.3 cm³/mol. The van der Waals surface area contributed by atoms with Crippen molar-refractivity contribution in [3.8, 4) is 0 Å². The van der Waals surface area contributed by atoms with Gasteiger partial charge >= 0.3 is 0 Å². The molecule has 2 aromatic heterocycles. The Morgan fingerprint density at radius 2 is 2.09 bits per heavy atom. The fourth-order valence-corrected chi connectivity index (χ4v) is 1.92. The van der Waals surface area contributed by atoms with Crippen molar-refractivity contribution in [2.45, 2.75) is 6.54 Å². The van der Waals surface area contributed by atoms with E-state index in [1.54, 1.807) is 29.1 Å². The number of hydrogen-bond acceptors (Lipinski definition) is 7. The molecule has 4 N–H and O–H groups in total. The fraction of sp³-hybridized carbons (Fsp3) is 0.0714. The van der Waals surface area contributed by atoms with Gasteiger partial charge in [-0.15, -0.1) is 10.2 Å². The van der Waals surface area contributed by atoms with Gasteiger partial charge in [0.25, 0.3) is 0 Å². The summed E-state index contributed by atoms with van der Waals surface area (Å²) >= 11 is 0. The number of nitrogens with one attached hydrogen (secondary N) is 1. The summed E-state index contributed by atoms with van der Waals surface area (Å²) < 4.78 is 1.62. The largest absolute Gasteiger partial charge is 0.504 e. The minimum Gasteiger partial charge on any atom is -0.504 e. The van der Waals surface area contributed by atoms with Crippen LogP contribution in [0, 0.1) is 0 Å². The molecule has 0 saturated carbocycles. The summed E-state index contributed by atoms with van der Waals surface area (Å²) in [6.07, 6.45) is 2.68. The Kier molecular flexibility index (Phi) is 3.83. The first-order chi connectivity index (χ1) is 11.1. The molecule has 116 valence electrons. The second kappa shape index (κ2) is 6.10. The van der Waals surface area contributed by atoms with Crippen molar-refractivity contribution in [1.82, 2.24) is 30.4 Å². The molecule has 2 heterocycles. The average Bonchev–Trinajstić information content (AvgIpc) is 3.21. The topological polar surface area (TPSA) is 136 Å². The zero-order chi connectivity index (χ0) is 16.2. The molecule has 0 atom stereocenters. The van der Waals surface area contributed by atoms with Crippen LogP contribution in [0.15, 0.2) is 42.6 Å². The summed E-state index contributed by atoms with van der Waals surface area (Å²) in [5.74, 6) is -0.889. The van der Waals surface area contributed by atoms with Crippen LogP contribution in [0.4, 0.5) is 5.69 Å². The number of aliphatic hydroxyl groups is 1. The van der Waals surface area contributed by atoms with E-state index in [-0.39, 0.29) is 17.3 Å². The minimum atomic E-state index is -0.455. The van der Waals surface area contributed by atoms with Gasteiger partial charge in [0.05, 0.1) is 6.54 Å². The van der Waals surface area contributed by atoms with Crippen molar-refractivity contribution < 1.29 is 9.90 Å². The predicted octanol–water partition coefficient (Wildman–Crippen LogP) is 0.808. The maximum atomic E-state index is 12.0. The van der Waals surface area contributed by atoms with Crippen LogP contribution in [0.1, 0.15) is 21.9 Å². The number of nitrogens with zero attached hydrogens (tertiary/aromatic N) is 5. The van der Waals surface area contributed by atoms with Crippen LogP contribution < -0.4 is 5.73 Å².